The molecule has 0 bridgehead atoms. The van der Waals surface area contributed by atoms with E-state index in [4.69, 9.17) is 4.74 Å². The van der Waals surface area contributed by atoms with E-state index >= 15 is 0 Å². The van der Waals surface area contributed by atoms with E-state index in [-0.39, 0.29) is 0 Å². The van der Waals surface area contributed by atoms with E-state index < -0.39 is 0 Å². The maximum Gasteiger partial charge on any atom is 0.133 e. The van der Waals surface area contributed by atoms with Gasteiger partial charge >= 0.3 is 0 Å². The fourth-order valence-corrected chi connectivity index (χ4v) is 2.46. The van der Waals surface area contributed by atoms with E-state index in [9.17, 15) is 0 Å². The molecule has 1 aliphatic rings. The van der Waals surface area contributed by atoms with Crippen molar-refractivity contribution in [2.75, 3.05) is 26.7 Å². The van der Waals surface area contributed by atoms with Crippen molar-refractivity contribution in [3.05, 3.63) is 28.2 Å². The van der Waals surface area contributed by atoms with Crippen LogP contribution in [0.15, 0.2) is 22.7 Å². The van der Waals surface area contributed by atoms with Crippen molar-refractivity contribution < 1.29 is 4.74 Å². The van der Waals surface area contributed by atoms with Crippen molar-refractivity contribution in [1.29, 1.82) is 0 Å². The largest absolute Gasteiger partial charge is 0.496 e. The summed E-state index contributed by atoms with van der Waals surface area (Å²) in [5.41, 5.74) is 1.32. The predicted molar refractivity (Wildman–Crippen MR) is 78.3 cm³/mol. The summed E-state index contributed by atoms with van der Waals surface area (Å²) in [6.45, 7) is 3.15. The Kier molecular flexibility index (Phi) is 5.47. The van der Waals surface area contributed by atoms with Crippen molar-refractivity contribution >= 4 is 15.9 Å². The van der Waals surface area contributed by atoms with E-state index in [2.05, 4.69) is 38.7 Å². The van der Waals surface area contributed by atoms with Gasteiger partial charge in [0.1, 0.15) is 5.75 Å². The van der Waals surface area contributed by atoms with E-state index in [0.717, 1.165) is 42.3 Å². The SMILES string of the molecule is COc1ccc(CCNCCNC2CC2)cc1Br. The summed E-state index contributed by atoms with van der Waals surface area (Å²) in [5, 5.41) is 6.95. The molecule has 0 atom stereocenters. The van der Waals surface area contributed by atoms with Gasteiger partial charge in [-0.15, -0.1) is 0 Å². The topological polar surface area (TPSA) is 33.3 Å². The van der Waals surface area contributed by atoms with E-state index in [1.807, 2.05) is 6.07 Å². The third-order valence-corrected chi connectivity index (χ3v) is 3.74. The quantitative estimate of drug-likeness (QED) is 0.723. The Balaban J connectivity index is 1.61. The molecule has 100 valence electrons. The highest BCUT2D eigenvalue weighted by Gasteiger charge is 2.19. The maximum absolute atomic E-state index is 5.22. The highest BCUT2D eigenvalue weighted by molar-refractivity contribution is 9.10. The molecule has 1 fully saturated rings. The summed E-state index contributed by atoms with van der Waals surface area (Å²) in [4.78, 5) is 0. The first-order valence-corrected chi connectivity index (χ1v) is 7.35. The Labute approximate surface area is 117 Å². The molecular weight excluding hydrogens is 292 g/mol. The minimum Gasteiger partial charge on any atom is -0.496 e. The van der Waals surface area contributed by atoms with Crippen molar-refractivity contribution in [3.63, 3.8) is 0 Å². The molecule has 2 rings (SSSR count). The summed E-state index contributed by atoms with van der Waals surface area (Å²) in [7, 11) is 1.69. The first kappa shape index (κ1) is 13.8. The van der Waals surface area contributed by atoms with Crippen LogP contribution in [0, 0.1) is 0 Å². The number of hydrogen-bond donors (Lipinski definition) is 2. The van der Waals surface area contributed by atoms with Gasteiger partial charge in [-0.25, -0.2) is 0 Å². The van der Waals surface area contributed by atoms with Crippen LogP contribution in [0.4, 0.5) is 0 Å². The van der Waals surface area contributed by atoms with Crippen LogP contribution in [0.1, 0.15) is 18.4 Å². The van der Waals surface area contributed by atoms with Gasteiger partial charge in [0, 0.05) is 19.1 Å². The van der Waals surface area contributed by atoms with Crippen molar-refractivity contribution in [3.8, 4) is 5.75 Å². The molecule has 18 heavy (non-hydrogen) atoms. The van der Waals surface area contributed by atoms with Crippen LogP contribution < -0.4 is 15.4 Å². The molecule has 0 aliphatic heterocycles. The van der Waals surface area contributed by atoms with Crippen molar-refractivity contribution in [2.45, 2.75) is 25.3 Å². The third kappa shape index (κ3) is 4.59. The summed E-state index contributed by atoms with van der Waals surface area (Å²) < 4.78 is 6.24. The molecule has 0 spiro atoms. The van der Waals surface area contributed by atoms with Gasteiger partial charge in [-0.2, -0.15) is 0 Å². The minimum atomic E-state index is 0.810. The smallest absolute Gasteiger partial charge is 0.133 e. The minimum absolute atomic E-state index is 0.810. The van der Waals surface area contributed by atoms with Gasteiger partial charge in [-0.1, -0.05) is 6.07 Å². The lowest BCUT2D eigenvalue weighted by Crippen LogP contribution is -2.29. The predicted octanol–water partition coefficient (Wildman–Crippen LogP) is 2.34. The summed E-state index contributed by atoms with van der Waals surface area (Å²) in [6.07, 6.45) is 3.77. The number of rotatable bonds is 8. The second kappa shape index (κ2) is 7.12. The average molecular weight is 313 g/mol. The Morgan fingerprint density at radius 1 is 1.28 bits per heavy atom. The monoisotopic (exact) mass is 312 g/mol. The second-order valence-corrected chi connectivity index (χ2v) is 5.55. The van der Waals surface area contributed by atoms with Gasteiger partial charge in [-0.05, 0) is 59.4 Å². The zero-order chi connectivity index (χ0) is 12.8. The van der Waals surface area contributed by atoms with Crippen LogP contribution in [0.3, 0.4) is 0 Å². The average Bonchev–Trinajstić information content (AvgIpc) is 3.18. The normalized spacial score (nSPS) is 14.8. The standard InChI is InChI=1S/C14H21BrN2O/c1-18-14-5-2-11(10-13(14)15)6-7-16-8-9-17-12-3-4-12/h2,5,10,12,16-17H,3-4,6-9H2,1H3. The Bertz CT molecular complexity index is 380. The second-order valence-electron chi connectivity index (χ2n) is 4.70. The molecule has 4 heteroatoms. The molecule has 0 unspecified atom stereocenters. The maximum atomic E-state index is 5.22. The Morgan fingerprint density at radius 2 is 2.11 bits per heavy atom. The van der Waals surface area contributed by atoms with E-state index in [1.165, 1.54) is 18.4 Å². The number of nitrogens with one attached hydrogen (secondary N) is 2. The van der Waals surface area contributed by atoms with Crippen LogP contribution in [0.2, 0.25) is 0 Å². The Hall–Kier alpha value is -0.580. The number of hydrogen-bond acceptors (Lipinski definition) is 3. The molecule has 0 radical (unpaired) electrons. The molecule has 1 saturated carbocycles. The lowest BCUT2D eigenvalue weighted by atomic mass is 10.1. The zero-order valence-electron chi connectivity index (χ0n) is 10.8. The van der Waals surface area contributed by atoms with Gasteiger partial charge in [0.2, 0.25) is 0 Å². The number of benzene rings is 1. The Morgan fingerprint density at radius 3 is 2.78 bits per heavy atom. The first-order valence-electron chi connectivity index (χ1n) is 6.56. The first-order chi connectivity index (χ1) is 8.79. The molecule has 0 amide bonds. The summed E-state index contributed by atoms with van der Waals surface area (Å²) >= 11 is 3.51. The van der Waals surface area contributed by atoms with Crippen LogP contribution >= 0.6 is 15.9 Å². The molecule has 0 heterocycles. The van der Waals surface area contributed by atoms with Crippen LogP contribution in [0.25, 0.3) is 0 Å². The molecule has 2 N–H and O–H groups in total. The molecule has 1 aliphatic carbocycles. The van der Waals surface area contributed by atoms with Gasteiger partial charge in [0.05, 0.1) is 11.6 Å². The van der Waals surface area contributed by atoms with Crippen LogP contribution in [-0.4, -0.2) is 32.8 Å². The number of ether oxygens (including phenoxy) is 1. The lowest BCUT2D eigenvalue weighted by molar-refractivity contribution is 0.412. The van der Waals surface area contributed by atoms with E-state index in [0.29, 0.717) is 0 Å². The fraction of sp³-hybridized carbons (Fsp3) is 0.571. The van der Waals surface area contributed by atoms with Crippen molar-refractivity contribution in [2.24, 2.45) is 0 Å². The van der Waals surface area contributed by atoms with Gasteiger partial charge in [0.25, 0.3) is 0 Å². The fourth-order valence-electron chi connectivity index (χ4n) is 1.88. The number of methoxy groups -OCH3 is 1. The highest BCUT2D eigenvalue weighted by Crippen LogP contribution is 2.25. The van der Waals surface area contributed by atoms with Crippen LogP contribution in [-0.2, 0) is 6.42 Å². The third-order valence-electron chi connectivity index (χ3n) is 3.12. The molecule has 3 nitrogen and oxygen atoms in total. The molecule has 1 aromatic rings. The molecule has 1 aromatic carbocycles. The van der Waals surface area contributed by atoms with Gasteiger partial charge in [-0.3, -0.25) is 0 Å². The highest BCUT2D eigenvalue weighted by atomic mass is 79.9. The molecular formula is C14H21BrN2O. The van der Waals surface area contributed by atoms with Gasteiger partial charge in [0.15, 0.2) is 0 Å². The number of halogens is 1. The summed E-state index contributed by atoms with van der Waals surface area (Å²) in [6, 6.07) is 7.06. The molecule has 0 aromatic heterocycles. The molecule has 0 saturated heterocycles. The lowest BCUT2D eigenvalue weighted by Gasteiger charge is -2.08. The van der Waals surface area contributed by atoms with Gasteiger partial charge < -0.3 is 15.4 Å². The zero-order valence-corrected chi connectivity index (χ0v) is 12.4. The summed E-state index contributed by atoms with van der Waals surface area (Å²) in [5.74, 6) is 0.889. The van der Waals surface area contributed by atoms with Crippen molar-refractivity contribution in [1.82, 2.24) is 10.6 Å². The van der Waals surface area contributed by atoms with Crippen LogP contribution in [0.5, 0.6) is 5.75 Å². The van der Waals surface area contributed by atoms with E-state index in [1.54, 1.807) is 7.11 Å².